The molecule has 1 heterocycles. The zero-order valence-electron chi connectivity index (χ0n) is 5.14. The molecule has 0 spiro atoms. The molecule has 1 aromatic heterocycles. The number of carbonyl (C=O) groups is 1. The molecule has 0 saturated carbocycles. The Kier molecular flexibility index (Phi) is 2.42. The van der Waals surface area contributed by atoms with E-state index in [-0.39, 0.29) is 15.7 Å². The van der Waals surface area contributed by atoms with Gasteiger partial charge in [0.05, 0.1) is 16.8 Å². The average molecular weight is 194 g/mol. The van der Waals surface area contributed by atoms with Gasteiger partial charge in [-0.05, 0) is 0 Å². The van der Waals surface area contributed by atoms with Crippen molar-refractivity contribution in [1.29, 1.82) is 0 Å². The molecule has 0 bridgehead atoms. The summed E-state index contributed by atoms with van der Waals surface area (Å²) in [6.45, 7) is 0. The quantitative estimate of drug-likeness (QED) is 0.507. The molecule has 1 rings (SSSR count). The van der Waals surface area contributed by atoms with Crippen LogP contribution in [0.4, 0.5) is 4.39 Å². The highest BCUT2D eigenvalue weighted by molar-refractivity contribution is 6.37. The van der Waals surface area contributed by atoms with Crippen LogP contribution in [0, 0.1) is 5.82 Å². The number of pyridine rings is 1. The third kappa shape index (κ3) is 1.49. The first kappa shape index (κ1) is 8.43. The Morgan fingerprint density at radius 3 is 2.64 bits per heavy atom. The van der Waals surface area contributed by atoms with E-state index in [2.05, 4.69) is 4.98 Å². The molecule has 0 saturated heterocycles. The van der Waals surface area contributed by atoms with Gasteiger partial charge in [0.25, 0.3) is 0 Å². The van der Waals surface area contributed by atoms with Crippen LogP contribution in [0.25, 0.3) is 0 Å². The molecule has 0 aromatic carbocycles. The van der Waals surface area contributed by atoms with Gasteiger partial charge in [0.15, 0.2) is 12.1 Å². The van der Waals surface area contributed by atoms with Crippen LogP contribution in [0.15, 0.2) is 6.20 Å². The molecular weight excluding hydrogens is 192 g/mol. The van der Waals surface area contributed by atoms with Crippen molar-refractivity contribution >= 4 is 29.5 Å². The summed E-state index contributed by atoms with van der Waals surface area (Å²) in [4.78, 5) is 13.6. The van der Waals surface area contributed by atoms with E-state index in [0.717, 1.165) is 6.20 Å². The molecule has 0 atom stereocenters. The molecule has 0 amide bonds. The molecule has 0 aliphatic carbocycles. The summed E-state index contributed by atoms with van der Waals surface area (Å²) in [5, 5.41) is -0.383. The van der Waals surface area contributed by atoms with Gasteiger partial charge in [-0.25, -0.2) is 9.37 Å². The van der Waals surface area contributed by atoms with Crippen LogP contribution < -0.4 is 0 Å². The molecule has 0 unspecified atom stereocenters. The van der Waals surface area contributed by atoms with E-state index in [1.54, 1.807) is 0 Å². The number of aromatic nitrogens is 1. The number of aldehydes is 1. The standard InChI is InChI=1S/C6H2Cl2FNO/c7-5-3(2-11)6(8)10-1-4(5)9/h1-2H. The second kappa shape index (κ2) is 3.15. The van der Waals surface area contributed by atoms with E-state index in [1.165, 1.54) is 0 Å². The smallest absolute Gasteiger partial charge is 0.160 e. The summed E-state index contributed by atoms with van der Waals surface area (Å²) < 4.78 is 12.5. The van der Waals surface area contributed by atoms with Crippen molar-refractivity contribution in [3.63, 3.8) is 0 Å². The van der Waals surface area contributed by atoms with Gasteiger partial charge in [-0.2, -0.15) is 0 Å². The van der Waals surface area contributed by atoms with Crippen LogP contribution in [0.2, 0.25) is 10.2 Å². The molecule has 5 heteroatoms. The first-order valence-electron chi connectivity index (χ1n) is 2.61. The van der Waals surface area contributed by atoms with Crippen LogP contribution in [0.3, 0.4) is 0 Å². The summed E-state index contributed by atoms with van der Waals surface area (Å²) in [5.74, 6) is -0.752. The lowest BCUT2D eigenvalue weighted by atomic mass is 10.3. The highest BCUT2D eigenvalue weighted by atomic mass is 35.5. The molecule has 2 nitrogen and oxygen atoms in total. The second-order valence-electron chi connectivity index (χ2n) is 1.74. The van der Waals surface area contributed by atoms with Gasteiger partial charge in [0.2, 0.25) is 0 Å². The van der Waals surface area contributed by atoms with Gasteiger partial charge in [-0.1, -0.05) is 23.2 Å². The van der Waals surface area contributed by atoms with Crippen LogP contribution in [0.1, 0.15) is 10.4 Å². The number of rotatable bonds is 1. The number of halogens is 3. The van der Waals surface area contributed by atoms with Crippen molar-refractivity contribution in [3.8, 4) is 0 Å². The van der Waals surface area contributed by atoms with E-state index in [0.29, 0.717) is 6.29 Å². The van der Waals surface area contributed by atoms with Gasteiger partial charge in [-0.15, -0.1) is 0 Å². The van der Waals surface area contributed by atoms with Crippen LogP contribution in [-0.2, 0) is 0 Å². The maximum absolute atomic E-state index is 12.5. The van der Waals surface area contributed by atoms with Gasteiger partial charge in [0, 0.05) is 0 Å². The number of hydrogen-bond acceptors (Lipinski definition) is 2. The monoisotopic (exact) mass is 193 g/mol. The van der Waals surface area contributed by atoms with E-state index >= 15 is 0 Å². The average Bonchev–Trinajstić information content (AvgIpc) is 1.99. The predicted molar refractivity (Wildman–Crippen MR) is 39.6 cm³/mol. The lowest BCUT2D eigenvalue weighted by Gasteiger charge is -1.97. The zero-order valence-corrected chi connectivity index (χ0v) is 6.66. The Labute approximate surface area is 71.9 Å². The SMILES string of the molecule is O=Cc1c(Cl)ncc(F)c1Cl. The van der Waals surface area contributed by atoms with Crippen molar-refractivity contribution in [2.45, 2.75) is 0 Å². The third-order valence-corrected chi connectivity index (χ3v) is 1.76. The Bertz CT molecular complexity index is 303. The van der Waals surface area contributed by atoms with Crippen molar-refractivity contribution in [3.05, 3.63) is 27.8 Å². The molecule has 11 heavy (non-hydrogen) atoms. The maximum Gasteiger partial charge on any atom is 0.160 e. The topological polar surface area (TPSA) is 30.0 Å². The molecule has 1 aromatic rings. The fraction of sp³-hybridized carbons (Fsp3) is 0. The Morgan fingerprint density at radius 2 is 2.18 bits per heavy atom. The number of hydrogen-bond donors (Lipinski definition) is 0. The molecule has 58 valence electrons. The zero-order chi connectivity index (χ0) is 8.43. The second-order valence-corrected chi connectivity index (χ2v) is 2.48. The van der Waals surface area contributed by atoms with Gasteiger partial charge in [0.1, 0.15) is 5.15 Å². The van der Waals surface area contributed by atoms with Gasteiger partial charge >= 0.3 is 0 Å². The number of nitrogens with zero attached hydrogens (tertiary/aromatic N) is 1. The van der Waals surface area contributed by atoms with Crippen LogP contribution in [0.5, 0.6) is 0 Å². The Hall–Kier alpha value is -0.670. The molecule has 0 radical (unpaired) electrons. The molecule has 0 aliphatic rings. The van der Waals surface area contributed by atoms with Crippen molar-refractivity contribution in [2.75, 3.05) is 0 Å². The van der Waals surface area contributed by atoms with Crippen LogP contribution in [-0.4, -0.2) is 11.3 Å². The van der Waals surface area contributed by atoms with E-state index in [9.17, 15) is 9.18 Å². The fourth-order valence-corrected chi connectivity index (χ4v) is 0.978. The molecule has 0 fully saturated rings. The predicted octanol–water partition coefficient (Wildman–Crippen LogP) is 2.34. The summed E-state index contributed by atoms with van der Waals surface area (Å²) >= 11 is 10.8. The summed E-state index contributed by atoms with van der Waals surface area (Å²) in [7, 11) is 0. The molecule has 0 N–H and O–H groups in total. The highest BCUT2D eigenvalue weighted by Gasteiger charge is 2.10. The van der Waals surface area contributed by atoms with E-state index < -0.39 is 5.82 Å². The minimum absolute atomic E-state index is 0.0913. The number of carbonyl (C=O) groups excluding carboxylic acids is 1. The lowest BCUT2D eigenvalue weighted by Crippen LogP contribution is -1.91. The van der Waals surface area contributed by atoms with Crippen molar-refractivity contribution < 1.29 is 9.18 Å². The molecule has 0 aliphatic heterocycles. The van der Waals surface area contributed by atoms with Crippen LogP contribution >= 0.6 is 23.2 Å². The highest BCUT2D eigenvalue weighted by Crippen LogP contribution is 2.22. The molecular formula is C6H2Cl2FNO. The summed E-state index contributed by atoms with van der Waals surface area (Å²) in [5.41, 5.74) is -0.117. The van der Waals surface area contributed by atoms with Gasteiger partial charge < -0.3 is 0 Å². The van der Waals surface area contributed by atoms with E-state index in [4.69, 9.17) is 23.2 Å². The Morgan fingerprint density at radius 1 is 1.55 bits per heavy atom. The summed E-state index contributed by atoms with van der Waals surface area (Å²) in [6.07, 6.45) is 1.22. The maximum atomic E-state index is 12.5. The van der Waals surface area contributed by atoms with Crippen molar-refractivity contribution in [1.82, 2.24) is 4.98 Å². The van der Waals surface area contributed by atoms with E-state index in [1.807, 2.05) is 0 Å². The van der Waals surface area contributed by atoms with Gasteiger partial charge in [-0.3, -0.25) is 4.79 Å². The lowest BCUT2D eigenvalue weighted by molar-refractivity contribution is 0.112. The first-order chi connectivity index (χ1) is 5.16. The fourth-order valence-electron chi connectivity index (χ4n) is 0.559. The minimum Gasteiger partial charge on any atom is -0.298 e. The first-order valence-corrected chi connectivity index (χ1v) is 3.37. The van der Waals surface area contributed by atoms with Crippen molar-refractivity contribution in [2.24, 2.45) is 0 Å². The third-order valence-electron chi connectivity index (χ3n) is 1.08. The normalized spacial score (nSPS) is 9.73. The Balaban J connectivity index is 3.40. The largest absolute Gasteiger partial charge is 0.298 e. The summed E-state index contributed by atoms with van der Waals surface area (Å²) in [6, 6.07) is 0. The minimum atomic E-state index is -0.752.